The lowest BCUT2D eigenvalue weighted by molar-refractivity contribution is -0.152. The summed E-state index contributed by atoms with van der Waals surface area (Å²) in [6.45, 7) is 8.59. The number of hydrogen-bond acceptors (Lipinski definition) is 8. The summed E-state index contributed by atoms with van der Waals surface area (Å²) in [5, 5.41) is 3.70. The van der Waals surface area contributed by atoms with Crippen LogP contribution in [-0.2, 0) is 29.5 Å². The molecular weight excluding hydrogens is 500 g/mol. The van der Waals surface area contributed by atoms with Crippen molar-refractivity contribution in [3.05, 3.63) is 70.3 Å². The fourth-order valence-electron chi connectivity index (χ4n) is 6.17. The van der Waals surface area contributed by atoms with Gasteiger partial charge < -0.3 is 9.47 Å². The monoisotopic (exact) mass is 530 g/mol. The number of ether oxygens (including phenoxy) is 2. The molecule has 3 aliphatic heterocycles. The van der Waals surface area contributed by atoms with E-state index < -0.39 is 46.9 Å². The minimum absolute atomic E-state index is 0.0815. The number of benzene rings is 2. The summed E-state index contributed by atoms with van der Waals surface area (Å²) in [6, 6.07) is 13.2. The number of fused-ring (bicyclic) bond motifs is 6. The molecule has 3 aromatic rings. The van der Waals surface area contributed by atoms with Gasteiger partial charge in [-0.15, -0.1) is 0 Å². The Kier molecular flexibility index (Phi) is 5.48. The Balaban J connectivity index is 1.55. The van der Waals surface area contributed by atoms with E-state index in [2.05, 4.69) is 5.32 Å². The molecule has 4 heterocycles. The number of nitrogens with zero attached hydrogens (tertiary/aromatic N) is 3. The van der Waals surface area contributed by atoms with Gasteiger partial charge in [-0.1, -0.05) is 44.2 Å². The minimum atomic E-state index is -1.22. The summed E-state index contributed by atoms with van der Waals surface area (Å²) in [7, 11) is 0. The zero-order valence-corrected chi connectivity index (χ0v) is 22.4. The quantitative estimate of drug-likeness (QED) is 0.511. The van der Waals surface area contributed by atoms with Crippen molar-refractivity contribution in [2.75, 3.05) is 4.90 Å². The first kappa shape index (κ1) is 25.2. The van der Waals surface area contributed by atoms with Gasteiger partial charge in [0.05, 0.1) is 22.1 Å². The smallest absolute Gasteiger partial charge is 0.330 e. The van der Waals surface area contributed by atoms with Crippen LogP contribution in [0.25, 0.3) is 10.9 Å². The van der Waals surface area contributed by atoms with E-state index in [9.17, 15) is 19.2 Å². The van der Waals surface area contributed by atoms with Gasteiger partial charge in [-0.3, -0.25) is 29.2 Å². The van der Waals surface area contributed by atoms with E-state index in [-0.39, 0.29) is 24.1 Å². The van der Waals surface area contributed by atoms with Gasteiger partial charge in [-0.25, -0.2) is 9.78 Å². The Morgan fingerprint density at radius 3 is 2.51 bits per heavy atom. The highest BCUT2D eigenvalue weighted by molar-refractivity contribution is 6.05. The van der Waals surface area contributed by atoms with Crippen molar-refractivity contribution in [2.24, 2.45) is 5.92 Å². The first-order valence-corrected chi connectivity index (χ1v) is 13.1. The van der Waals surface area contributed by atoms with E-state index in [1.807, 2.05) is 38.1 Å². The van der Waals surface area contributed by atoms with E-state index in [1.54, 1.807) is 43.0 Å². The van der Waals surface area contributed by atoms with Gasteiger partial charge in [0.15, 0.2) is 17.5 Å². The van der Waals surface area contributed by atoms with E-state index in [0.717, 1.165) is 0 Å². The third-order valence-electron chi connectivity index (χ3n) is 7.92. The molecule has 0 saturated carbocycles. The van der Waals surface area contributed by atoms with Crippen LogP contribution >= 0.6 is 0 Å². The molecule has 3 aliphatic rings. The normalized spacial score (nSPS) is 25.7. The number of carbonyl (C=O) groups is 3. The number of anilines is 1. The van der Waals surface area contributed by atoms with Crippen molar-refractivity contribution in [1.82, 2.24) is 14.9 Å². The highest BCUT2D eigenvalue weighted by Gasteiger charge is 2.66. The van der Waals surface area contributed by atoms with E-state index in [4.69, 9.17) is 14.5 Å². The zero-order valence-electron chi connectivity index (χ0n) is 22.4. The molecule has 0 unspecified atom stereocenters. The Morgan fingerprint density at radius 2 is 1.79 bits per heavy atom. The lowest BCUT2D eigenvalue weighted by atomic mass is 9.88. The second-order valence-electron chi connectivity index (χ2n) is 11.3. The molecule has 1 aromatic heterocycles. The number of esters is 2. The highest BCUT2D eigenvalue weighted by atomic mass is 16.6. The number of para-hydroxylation sites is 2. The molecule has 6 rings (SSSR count). The number of carbonyl (C=O) groups excluding carboxylic acids is 3. The Morgan fingerprint density at radius 1 is 1.10 bits per heavy atom. The molecule has 4 atom stereocenters. The van der Waals surface area contributed by atoms with Crippen LogP contribution in [0.2, 0.25) is 0 Å². The van der Waals surface area contributed by atoms with Gasteiger partial charge >= 0.3 is 11.9 Å². The fraction of sp³-hybridized carbons (Fsp3) is 0.414. The van der Waals surface area contributed by atoms with Crippen molar-refractivity contribution < 1.29 is 23.9 Å². The molecule has 10 heteroatoms. The molecule has 10 nitrogen and oxygen atoms in total. The summed E-state index contributed by atoms with van der Waals surface area (Å²) >= 11 is 0. The zero-order chi connectivity index (χ0) is 27.9. The second kappa shape index (κ2) is 8.47. The molecule has 39 heavy (non-hydrogen) atoms. The number of hydrogen-bond donors (Lipinski definition) is 1. The van der Waals surface area contributed by atoms with Gasteiger partial charge in [0.25, 0.3) is 5.56 Å². The van der Waals surface area contributed by atoms with Crippen LogP contribution in [0.4, 0.5) is 5.69 Å². The molecule has 2 fully saturated rings. The number of rotatable bonds is 4. The number of nitrogens with one attached hydrogen (secondary N) is 1. The third kappa shape index (κ3) is 3.54. The molecule has 2 saturated heterocycles. The molecule has 1 N–H and O–H groups in total. The van der Waals surface area contributed by atoms with Gasteiger partial charge in [0.2, 0.25) is 5.91 Å². The Hall–Kier alpha value is -4.05. The first-order chi connectivity index (χ1) is 18.5. The van der Waals surface area contributed by atoms with Crippen molar-refractivity contribution in [1.29, 1.82) is 0 Å². The molecule has 1 spiro atoms. The molecule has 1 amide bonds. The molecular formula is C29H30N4O6. The molecule has 202 valence electrons. The largest absolute Gasteiger partial charge is 0.454 e. The Labute approximate surface area is 224 Å². The van der Waals surface area contributed by atoms with Crippen LogP contribution in [0.5, 0.6) is 0 Å². The van der Waals surface area contributed by atoms with Crippen molar-refractivity contribution in [3.63, 3.8) is 0 Å². The predicted molar refractivity (Wildman–Crippen MR) is 142 cm³/mol. The van der Waals surface area contributed by atoms with Crippen LogP contribution in [0, 0.1) is 5.92 Å². The van der Waals surface area contributed by atoms with Crippen LogP contribution < -0.4 is 15.8 Å². The van der Waals surface area contributed by atoms with E-state index in [1.165, 1.54) is 11.5 Å². The minimum Gasteiger partial charge on any atom is -0.454 e. The fourth-order valence-corrected chi connectivity index (χ4v) is 6.17. The first-order valence-electron chi connectivity index (χ1n) is 13.1. The Bertz CT molecular complexity index is 1610. The predicted octanol–water partition coefficient (Wildman–Crippen LogP) is 3.09. The average Bonchev–Trinajstić information content (AvgIpc) is 3.45. The third-order valence-corrected chi connectivity index (χ3v) is 7.92. The van der Waals surface area contributed by atoms with Gasteiger partial charge in [0, 0.05) is 18.9 Å². The SMILES string of the molecule is CC(=O)O[C@H](c1nc2ccccc2c(=O)n1[C@@H]1C[C@]2(OC1=O)c1ccccc1N1C(=O)C(C)(C)N[C@H]12)C(C)C. The topological polar surface area (TPSA) is 120 Å². The van der Waals surface area contributed by atoms with Gasteiger partial charge in [0.1, 0.15) is 12.2 Å². The van der Waals surface area contributed by atoms with Crippen molar-refractivity contribution >= 4 is 34.4 Å². The van der Waals surface area contributed by atoms with Crippen LogP contribution in [-0.4, -0.2) is 39.1 Å². The summed E-state index contributed by atoms with van der Waals surface area (Å²) in [6.07, 6.45) is -1.44. The highest BCUT2D eigenvalue weighted by Crippen LogP contribution is 2.56. The van der Waals surface area contributed by atoms with Crippen LogP contribution in [0.1, 0.15) is 64.6 Å². The maximum atomic E-state index is 14.0. The van der Waals surface area contributed by atoms with Gasteiger partial charge in [-0.05, 0) is 38.0 Å². The maximum Gasteiger partial charge on any atom is 0.330 e. The number of aromatic nitrogens is 2. The van der Waals surface area contributed by atoms with E-state index in [0.29, 0.717) is 22.2 Å². The maximum absolute atomic E-state index is 14.0. The van der Waals surface area contributed by atoms with Crippen LogP contribution in [0.3, 0.4) is 0 Å². The van der Waals surface area contributed by atoms with Crippen molar-refractivity contribution in [3.8, 4) is 0 Å². The summed E-state index contributed by atoms with van der Waals surface area (Å²) in [4.78, 5) is 59.6. The molecule has 0 aliphatic carbocycles. The van der Waals surface area contributed by atoms with Crippen molar-refractivity contribution in [2.45, 2.75) is 70.5 Å². The molecule has 2 aromatic carbocycles. The second-order valence-corrected chi connectivity index (χ2v) is 11.3. The summed E-state index contributed by atoms with van der Waals surface area (Å²) in [5.41, 5.74) is -0.714. The van der Waals surface area contributed by atoms with Gasteiger partial charge in [-0.2, -0.15) is 0 Å². The molecule has 0 radical (unpaired) electrons. The number of amides is 1. The van der Waals surface area contributed by atoms with Crippen LogP contribution in [0.15, 0.2) is 53.3 Å². The summed E-state index contributed by atoms with van der Waals surface area (Å²) in [5.74, 6) is -1.32. The lowest BCUT2D eigenvalue weighted by Crippen LogP contribution is -2.51. The lowest BCUT2D eigenvalue weighted by Gasteiger charge is -2.31. The standard InChI is InChI=1S/C29H30N4O6/c1-15(2)22(38-16(3)34)23-30-19-12-8-6-10-17(19)24(35)32(23)21-14-29(39-25(21)36)18-11-7-9-13-20(18)33-26(29)31-28(4,5)27(33)37/h6-13,15,21-22,26,31H,14H2,1-5H3/t21-,22+,26-,29+/m1/s1. The molecule has 0 bridgehead atoms. The average molecular weight is 531 g/mol. The summed E-state index contributed by atoms with van der Waals surface area (Å²) < 4.78 is 13.2. The van der Waals surface area contributed by atoms with E-state index >= 15 is 0 Å².